The Bertz CT molecular complexity index is 860. The van der Waals surface area contributed by atoms with Crippen molar-refractivity contribution in [2.75, 3.05) is 33.3 Å². The molecule has 30 heavy (non-hydrogen) atoms. The Kier molecular flexibility index (Phi) is 9.22. The van der Waals surface area contributed by atoms with E-state index in [1.165, 1.54) is 11.6 Å². The Morgan fingerprint density at radius 2 is 1.50 bits per heavy atom. The summed E-state index contributed by atoms with van der Waals surface area (Å²) >= 11 is 3.53. The molecule has 0 amide bonds. The Labute approximate surface area is 182 Å². The molecule has 0 bridgehead atoms. The number of hydrogen-bond acceptors (Lipinski definition) is 5. The van der Waals surface area contributed by atoms with E-state index < -0.39 is 11.9 Å². The highest BCUT2D eigenvalue weighted by atomic mass is 79.9. The minimum absolute atomic E-state index is 0.112. The van der Waals surface area contributed by atoms with Gasteiger partial charge in [0.05, 0.1) is 7.11 Å². The van der Waals surface area contributed by atoms with Gasteiger partial charge in [0, 0.05) is 54.9 Å². The van der Waals surface area contributed by atoms with Gasteiger partial charge in [0.1, 0.15) is 11.6 Å². The minimum Gasteiger partial charge on any atom is -0.496 e. The summed E-state index contributed by atoms with van der Waals surface area (Å²) < 4.78 is 20.3. The zero-order valence-corrected chi connectivity index (χ0v) is 18.1. The van der Waals surface area contributed by atoms with Crippen molar-refractivity contribution >= 4 is 27.9 Å². The van der Waals surface area contributed by atoms with Crippen LogP contribution < -0.4 is 4.74 Å². The number of hydrogen-bond donors (Lipinski definition) is 2. The summed E-state index contributed by atoms with van der Waals surface area (Å²) in [6, 6.07) is 13.1. The largest absolute Gasteiger partial charge is 0.496 e. The predicted molar refractivity (Wildman–Crippen MR) is 113 cm³/mol. The molecule has 0 saturated carbocycles. The van der Waals surface area contributed by atoms with E-state index in [0.717, 1.165) is 48.5 Å². The number of benzene rings is 2. The molecule has 1 aliphatic heterocycles. The molecule has 2 N–H and O–H groups in total. The molecule has 1 fully saturated rings. The molecule has 0 radical (unpaired) electrons. The normalized spacial score (nSPS) is 14.5. The quantitative estimate of drug-likeness (QED) is 0.632. The first-order valence-electron chi connectivity index (χ1n) is 9.27. The maximum atomic E-state index is 13.8. The van der Waals surface area contributed by atoms with E-state index in [-0.39, 0.29) is 5.82 Å². The number of nitrogens with zero attached hydrogens (tertiary/aromatic N) is 2. The van der Waals surface area contributed by atoms with Crippen LogP contribution >= 0.6 is 15.9 Å². The summed E-state index contributed by atoms with van der Waals surface area (Å²) in [5.41, 5.74) is 1.97. The average Bonchev–Trinajstić information content (AvgIpc) is 2.72. The summed E-state index contributed by atoms with van der Waals surface area (Å²) in [6.07, 6.45) is 0. The van der Waals surface area contributed by atoms with Gasteiger partial charge < -0.3 is 14.9 Å². The number of aliphatic carboxylic acids is 2. The fourth-order valence-electron chi connectivity index (χ4n) is 3.08. The van der Waals surface area contributed by atoms with E-state index in [4.69, 9.17) is 24.5 Å². The topological polar surface area (TPSA) is 90.3 Å². The standard InChI is InChI=1S/C19H22BrFN2O.C2H2O4/c1-24-19-7-6-17(20)12-16(19)14-23-10-8-22(9-11-23)13-15-4-2-3-5-18(15)21;3-1(4)2(5)6/h2-7,12H,8-11,13-14H2,1H3;(H,3,4)(H,5,6). The molecular weight excluding hydrogens is 459 g/mol. The molecular formula is C21H24BrFN2O5. The Balaban J connectivity index is 0.000000469. The van der Waals surface area contributed by atoms with Crippen molar-refractivity contribution in [3.05, 3.63) is 63.9 Å². The van der Waals surface area contributed by atoms with Gasteiger partial charge in [0.15, 0.2) is 0 Å². The highest BCUT2D eigenvalue weighted by Crippen LogP contribution is 2.25. The summed E-state index contributed by atoms with van der Waals surface area (Å²) in [4.78, 5) is 22.9. The lowest BCUT2D eigenvalue weighted by Crippen LogP contribution is -2.45. The summed E-state index contributed by atoms with van der Waals surface area (Å²) in [7, 11) is 1.71. The van der Waals surface area contributed by atoms with Crippen LogP contribution in [0.3, 0.4) is 0 Å². The number of carboxylic acid groups (broad SMARTS) is 2. The second-order valence-electron chi connectivity index (χ2n) is 6.71. The van der Waals surface area contributed by atoms with Gasteiger partial charge in [-0.2, -0.15) is 0 Å². The van der Waals surface area contributed by atoms with Crippen molar-refractivity contribution in [1.29, 1.82) is 0 Å². The van der Waals surface area contributed by atoms with Crippen molar-refractivity contribution in [3.8, 4) is 5.75 Å². The third-order valence-electron chi connectivity index (χ3n) is 4.64. The smallest absolute Gasteiger partial charge is 0.414 e. The zero-order chi connectivity index (χ0) is 22.1. The van der Waals surface area contributed by atoms with Crippen LogP contribution in [0.25, 0.3) is 0 Å². The van der Waals surface area contributed by atoms with Crippen LogP contribution in [0.2, 0.25) is 0 Å². The monoisotopic (exact) mass is 482 g/mol. The first kappa shape index (κ1) is 23.8. The van der Waals surface area contributed by atoms with Gasteiger partial charge >= 0.3 is 11.9 Å². The van der Waals surface area contributed by atoms with E-state index in [1.54, 1.807) is 13.2 Å². The number of piperazine rings is 1. The maximum Gasteiger partial charge on any atom is 0.414 e. The molecule has 0 aromatic heterocycles. The summed E-state index contributed by atoms with van der Waals surface area (Å²) in [6.45, 7) is 5.40. The van der Waals surface area contributed by atoms with Crippen LogP contribution in [0.4, 0.5) is 4.39 Å². The van der Waals surface area contributed by atoms with Gasteiger partial charge in [-0.25, -0.2) is 14.0 Å². The Morgan fingerprint density at radius 3 is 2.00 bits per heavy atom. The highest BCUT2D eigenvalue weighted by molar-refractivity contribution is 9.10. The maximum absolute atomic E-state index is 13.8. The summed E-state index contributed by atoms with van der Waals surface area (Å²) in [5, 5.41) is 14.8. The number of ether oxygens (including phenoxy) is 1. The molecule has 2 aromatic rings. The lowest BCUT2D eigenvalue weighted by atomic mass is 10.1. The molecule has 0 spiro atoms. The second-order valence-corrected chi connectivity index (χ2v) is 7.63. The SMILES string of the molecule is COc1ccc(Br)cc1CN1CCN(Cc2ccccc2F)CC1.O=C(O)C(=O)O. The van der Waals surface area contributed by atoms with Crippen molar-refractivity contribution in [3.63, 3.8) is 0 Å². The van der Waals surface area contributed by atoms with Gasteiger partial charge in [0.2, 0.25) is 0 Å². The van der Waals surface area contributed by atoms with Crippen molar-refractivity contribution < 1.29 is 28.9 Å². The molecule has 0 unspecified atom stereocenters. The molecule has 1 saturated heterocycles. The molecule has 9 heteroatoms. The van der Waals surface area contributed by atoms with Crippen LogP contribution in [-0.2, 0) is 22.7 Å². The van der Waals surface area contributed by atoms with Gasteiger partial charge in [-0.1, -0.05) is 34.1 Å². The van der Waals surface area contributed by atoms with E-state index in [2.05, 4.69) is 31.8 Å². The molecule has 1 aliphatic rings. The Hall–Kier alpha value is -2.49. The fourth-order valence-corrected chi connectivity index (χ4v) is 3.49. The summed E-state index contributed by atoms with van der Waals surface area (Å²) in [5.74, 6) is -2.84. The van der Waals surface area contributed by atoms with Crippen molar-refractivity contribution in [2.24, 2.45) is 0 Å². The van der Waals surface area contributed by atoms with Crippen LogP contribution in [0, 0.1) is 5.82 Å². The second kappa shape index (κ2) is 11.6. The molecule has 2 aromatic carbocycles. The van der Waals surface area contributed by atoms with Crippen LogP contribution in [-0.4, -0.2) is 65.2 Å². The van der Waals surface area contributed by atoms with E-state index in [9.17, 15) is 4.39 Å². The first-order valence-corrected chi connectivity index (χ1v) is 10.1. The van der Waals surface area contributed by atoms with Gasteiger partial charge in [0.25, 0.3) is 0 Å². The molecule has 0 aliphatic carbocycles. The third-order valence-corrected chi connectivity index (χ3v) is 5.13. The minimum atomic E-state index is -1.82. The van der Waals surface area contributed by atoms with E-state index in [1.807, 2.05) is 24.3 Å². The molecule has 162 valence electrons. The van der Waals surface area contributed by atoms with E-state index >= 15 is 0 Å². The molecule has 7 nitrogen and oxygen atoms in total. The molecule has 0 atom stereocenters. The van der Waals surface area contributed by atoms with Crippen LogP contribution in [0.15, 0.2) is 46.9 Å². The number of rotatable bonds is 5. The lowest BCUT2D eigenvalue weighted by Gasteiger charge is -2.35. The van der Waals surface area contributed by atoms with Gasteiger partial charge in [-0.05, 0) is 24.3 Å². The van der Waals surface area contributed by atoms with Gasteiger partial charge in [-0.3, -0.25) is 9.80 Å². The number of carboxylic acids is 2. The number of methoxy groups -OCH3 is 1. The number of carbonyl (C=O) groups is 2. The third kappa shape index (κ3) is 7.40. The predicted octanol–water partition coefficient (Wildman–Crippen LogP) is 3.07. The zero-order valence-electron chi connectivity index (χ0n) is 16.6. The Morgan fingerprint density at radius 1 is 0.967 bits per heavy atom. The molecule has 3 rings (SSSR count). The first-order chi connectivity index (χ1) is 14.3. The van der Waals surface area contributed by atoms with Crippen molar-refractivity contribution in [2.45, 2.75) is 13.1 Å². The van der Waals surface area contributed by atoms with Crippen LogP contribution in [0.5, 0.6) is 5.75 Å². The molecule has 1 heterocycles. The average molecular weight is 483 g/mol. The van der Waals surface area contributed by atoms with Gasteiger partial charge in [-0.15, -0.1) is 0 Å². The highest BCUT2D eigenvalue weighted by Gasteiger charge is 2.19. The lowest BCUT2D eigenvalue weighted by molar-refractivity contribution is -0.159. The number of halogens is 2. The van der Waals surface area contributed by atoms with E-state index in [0.29, 0.717) is 6.54 Å². The van der Waals surface area contributed by atoms with Crippen molar-refractivity contribution in [1.82, 2.24) is 9.80 Å². The van der Waals surface area contributed by atoms with Crippen LogP contribution in [0.1, 0.15) is 11.1 Å². The fraction of sp³-hybridized carbons (Fsp3) is 0.333.